The Balaban J connectivity index is 2.30. The minimum atomic E-state index is 0.667. The van der Waals surface area contributed by atoms with E-state index in [1.54, 1.807) is 6.20 Å². The lowest BCUT2D eigenvalue weighted by Gasteiger charge is -1.94. The highest BCUT2D eigenvalue weighted by Crippen LogP contribution is 1.96. The Kier molecular flexibility index (Phi) is 2.33. The molecule has 0 aliphatic heterocycles. The molecule has 0 atom stereocenters. The summed E-state index contributed by atoms with van der Waals surface area (Å²) in [5.41, 5.74) is 1.08. The summed E-state index contributed by atoms with van der Waals surface area (Å²) in [5, 5.41) is 0. The van der Waals surface area contributed by atoms with E-state index in [1.165, 1.54) is 0 Å². The number of aromatic nitrogens is 1. The molecule has 0 aromatic carbocycles. The first kappa shape index (κ1) is 6.36. The van der Waals surface area contributed by atoms with Crippen LogP contribution < -0.4 is 0 Å². The molecule has 1 radical (unpaired) electrons. The molecule has 2 nitrogen and oxygen atoms in total. The van der Waals surface area contributed by atoms with E-state index in [0.717, 1.165) is 12.2 Å². The SMILES string of the molecule is CCOCc1[c]c[nH]c1. The van der Waals surface area contributed by atoms with Crippen molar-refractivity contribution >= 4 is 0 Å². The first-order valence-corrected chi connectivity index (χ1v) is 3.04. The van der Waals surface area contributed by atoms with E-state index in [1.807, 2.05) is 13.1 Å². The van der Waals surface area contributed by atoms with E-state index in [0.29, 0.717) is 6.61 Å². The van der Waals surface area contributed by atoms with Crippen LogP contribution >= 0.6 is 0 Å². The van der Waals surface area contributed by atoms with Crippen molar-refractivity contribution in [3.8, 4) is 0 Å². The Bertz CT molecular complexity index is 146. The van der Waals surface area contributed by atoms with E-state index in [9.17, 15) is 0 Å². The number of hydrogen-bond acceptors (Lipinski definition) is 1. The van der Waals surface area contributed by atoms with Gasteiger partial charge in [-0.15, -0.1) is 0 Å². The molecule has 1 aromatic rings. The van der Waals surface area contributed by atoms with Crippen LogP contribution in [0, 0.1) is 6.07 Å². The van der Waals surface area contributed by atoms with Gasteiger partial charge in [0.15, 0.2) is 0 Å². The highest BCUT2D eigenvalue weighted by atomic mass is 16.5. The van der Waals surface area contributed by atoms with Gasteiger partial charge in [-0.1, -0.05) is 0 Å². The van der Waals surface area contributed by atoms with Gasteiger partial charge in [0.2, 0.25) is 0 Å². The van der Waals surface area contributed by atoms with Crippen molar-refractivity contribution in [3.05, 3.63) is 24.0 Å². The molecule has 2 heteroatoms. The van der Waals surface area contributed by atoms with Crippen molar-refractivity contribution in [2.45, 2.75) is 13.5 Å². The Labute approximate surface area is 54.8 Å². The molecule has 0 fully saturated rings. The van der Waals surface area contributed by atoms with Crippen LogP contribution in [0.5, 0.6) is 0 Å². The second kappa shape index (κ2) is 3.30. The topological polar surface area (TPSA) is 25.0 Å². The van der Waals surface area contributed by atoms with Crippen LogP contribution in [-0.4, -0.2) is 11.6 Å². The molecule has 0 saturated heterocycles. The molecule has 0 spiro atoms. The summed E-state index contributed by atoms with van der Waals surface area (Å²) in [4.78, 5) is 2.90. The zero-order valence-corrected chi connectivity index (χ0v) is 5.48. The molecule has 0 amide bonds. The Hall–Kier alpha value is -0.760. The van der Waals surface area contributed by atoms with E-state index < -0.39 is 0 Å². The Morgan fingerprint density at radius 3 is 3.22 bits per heavy atom. The van der Waals surface area contributed by atoms with Crippen molar-refractivity contribution in [2.75, 3.05) is 6.61 Å². The first-order chi connectivity index (χ1) is 4.43. The normalized spacial score (nSPS) is 9.89. The van der Waals surface area contributed by atoms with Gasteiger partial charge in [-0.2, -0.15) is 0 Å². The molecule has 49 valence electrons. The molecule has 0 saturated carbocycles. The van der Waals surface area contributed by atoms with Gasteiger partial charge >= 0.3 is 0 Å². The average Bonchev–Trinajstić information content (AvgIpc) is 2.34. The molecule has 9 heavy (non-hydrogen) atoms. The number of ether oxygens (including phenoxy) is 1. The number of H-pyrrole nitrogens is 1. The molecule has 1 rings (SSSR count). The highest BCUT2D eigenvalue weighted by Gasteiger charge is 1.89. The smallest absolute Gasteiger partial charge is 0.0737 e. The van der Waals surface area contributed by atoms with E-state index in [2.05, 4.69) is 11.1 Å². The number of rotatable bonds is 3. The summed E-state index contributed by atoms with van der Waals surface area (Å²) in [7, 11) is 0. The molecule has 0 bridgehead atoms. The number of hydrogen-bond donors (Lipinski definition) is 1. The fourth-order valence-corrected chi connectivity index (χ4v) is 0.614. The van der Waals surface area contributed by atoms with Gasteiger partial charge in [0.25, 0.3) is 0 Å². The van der Waals surface area contributed by atoms with E-state index in [-0.39, 0.29) is 0 Å². The van der Waals surface area contributed by atoms with Crippen LogP contribution in [0.25, 0.3) is 0 Å². The van der Waals surface area contributed by atoms with Crippen molar-refractivity contribution in [1.82, 2.24) is 4.98 Å². The van der Waals surface area contributed by atoms with Crippen LogP contribution in [0.2, 0.25) is 0 Å². The van der Waals surface area contributed by atoms with Gasteiger partial charge in [-0.25, -0.2) is 0 Å². The highest BCUT2D eigenvalue weighted by molar-refractivity contribution is 5.04. The van der Waals surface area contributed by atoms with Crippen LogP contribution in [-0.2, 0) is 11.3 Å². The van der Waals surface area contributed by atoms with Crippen LogP contribution in [0.4, 0.5) is 0 Å². The molecule has 0 aliphatic carbocycles. The molecule has 1 heterocycles. The van der Waals surface area contributed by atoms with E-state index >= 15 is 0 Å². The summed E-state index contributed by atoms with van der Waals surface area (Å²) in [6.45, 7) is 3.41. The maximum absolute atomic E-state index is 5.13. The van der Waals surface area contributed by atoms with Crippen LogP contribution in [0.3, 0.4) is 0 Å². The van der Waals surface area contributed by atoms with Crippen LogP contribution in [0.15, 0.2) is 12.4 Å². The van der Waals surface area contributed by atoms with E-state index in [4.69, 9.17) is 4.74 Å². The molecule has 0 aliphatic rings. The van der Waals surface area contributed by atoms with Crippen molar-refractivity contribution in [2.24, 2.45) is 0 Å². The zero-order valence-electron chi connectivity index (χ0n) is 5.48. The summed E-state index contributed by atoms with van der Waals surface area (Å²) < 4.78 is 5.13. The first-order valence-electron chi connectivity index (χ1n) is 3.04. The summed E-state index contributed by atoms with van der Waals surface area (Å²) in [5.74, 6) is 0. The lowest BCUT2D eigenvalue weighted by atomic mass is 10.4. The fraction of sp³-hybridized carbons (Fsp3) is 0.429. The third kappa shape index (κ3) is 1.90. The maximum atomic E-state index is 5.13. The minimum absolute atomic E-state index is 0.667. The zero-order chi connectivity index (χ0) is 6.53. The third-order valence-electron chi connectivity index (χ3n) is 1.06. The van der Waals surface area contributed by atoms with Crippen LogP contribution in [0.1, 0.15) is 12.5 Å². The average molecular weight is 124 g/mol. The predicted molar refractivity (Wildman–Crippen MR) is 35.0 cm³/mol. The lowest BCUT2D eigenvalue weighted by Crippen LogP contribution is -1.88. The quantitative estimate of drug-likeness (QED) is 0.646. The second-order valence-corrected chi connectivity index (χ2v) is 1.76. The molecule has 1 aromatic heterocycles. The Morgan fingerprint density at radius 2 is 2.67 bits per heavy atom. The maximum Gasteiger partial charge on any atom is 0.0737 e. The largest absolute Gasteiger partial charge is 0.377 e. The minimum Gasteiger partial charge on any atom is -0.377 e. The molecule has 1 N–H and O–H groups in total. The second-order valence-electron chi connectivity index (χ2n) is 1.76. The standard InChI is InChI=1S/C7H10NO/c1-2-9-6-7-3-4-8-5-7/h4-5,8H,2,6H2,1H3. The summed E-state index contributed by atoms with van der Waals surface area (Å²) >= 11 is 0. The van der Waals surface area contributed by atoms with Crippen molar-refractivity contribution < 1.29 is 4.74 Å². The fourth-order valence-electron chi connectivity index (χ4n) is 0.614. The molecule has 0 unspecified atom stereocenters. The van der Waals surface area contributed by atoms with Gasteiger partial charge in [0, 0.05) is 30.6 Å². The summed E-state index contributed by atoms with van der Waals surface area (Å²) in [6.07, 6.45) is 3.66. The molecular formula is C7H10NO. The van der Waals surface area contributed by atoms with Gasteiger partial charge in [-0.3, -0.25) is 0 Å². The monoisotopic (exact) mass is 124 g/mol. The lowest BCUT2D eigenvalue weighted by molar-refractivity contribution is 0.134. The number of nitrogens with one attached hydrogen (secondary N) is 1. The number of aromatic amines is 1. The van der Waals surface area contributed by atoms with Crippen molar-refractivity contribution in [1.29, 1.82) is 0 Å². The van der Waals surface area contributed by atoms with Gasteiger partial charge in [-0.05, 0) is 6.92 Å². The van der Waals surface area contributed by atoms with Crippen molar-refractivity contribution in [3.63, 3.8) is 0 Å². The van der Waals surface area contributed by atoms with Gasteiger partial charge < -0.3 is 9.72 Å². The van der Waals surface area contributed by atoms with Gasteiger partial charge in [0.05, 0.1) is 6.61 Å². The van der Waals surface area contributed by atoms with Gasteiger partial charge in [0.1, 0.15) is 0 Å². The summed E-state index contributed by atoms with van der Waals surface area (Å²) in [6, 6.07) is 2.99. The molecular weight excluding hydrogens is 114 g/mol. The predicted octanol–water partition coefficient (Wildman–Crippen LogP) is 1.35. The third-order valence-corrected chi connectivity index (χ3v) is 1.06. The Morgan fingerprint density at radius 1 is 1.78 bits per heavy atom.